The Balaban J connectivity index is 2.19. The van der Waals surface area contributed by atoms with Gasteiger partial charge in [0.05, 0.1) is 4.90 Å². The number of terminal acetylenes is 1. The summed E-state index contributed by atoms with van der Waals surface area (Å²) in [5.74, 6) is 3.11. The first-order chi connectivity index (χ1) is 11.2. The standard InChI is InChI=1S/C19H21NO3S/c1-5-14-23-17-10-6-15(7-11-17)16-8-12-18(13-9-16)24(21,22)20-19(2,3)4/h1,6-13,20H,14H2,2-4H3. The summed E-state index contributed by atoms with van der Waals surface area (Å²) in [6.45, 7) is 5.65. The minimum absolute atomic E-state index is 0.229. The van der Waals surface area contributed by atoms with E-state index < -0.39 is 15.6 Å². The van der Waals surface area contributed by atoms with Crippen LogP contribution in [0.5, 0.6) is 5.75 Å². The van der Waals surface area contributed by atoms with Gasteiger partial charge in [0.25, 0.3) is 0 Å². The van der Waals surface area contributed by atoms with Gasteiger partial charge in [-0.25, -0.2) is 13.1 Å². The lowest BCUT2D eigenvalue weighted by Crippen LogP contribution is -2.40. The van der Waals surface area contributed by atoms with Crippen molar-refractivity contribution in [2.75, 3.05) is 6.61 Å². The summed E-state index contributed by atoms with van der Waals surface area (Å²) in [7, 11) is -3.52. The third kappa shape index (κ3) is 4.85. The lowest BCUT2D eigenvalue weighted by atomic mass is 10.1. The van der Waals surface area contributed by atoms with E-state index in [0.29, 0.717) is 5.75 Å². The fourth-order valence-electron chi connectivity index (χ4n) is 2.16. The molecule has 0 aliphatic carbocycles. The van der Waals surface area contributed by atoms with Gasteiger partial charge in [-0.3, -0.25) is 0 Å². The Kier molecular flexibility index (Phi) is 5.33. The van der Waals surface area contributed by atoms with Crippen molar-refractivity contribution in [2.24, 2.45) is 0 Å². The minimum atomic E-state index is -3.52. The molecule has 0 bridgehead atoms. The molecule has 0 unspecified atom stereocenters. The van der Waals surface area contributed by atoms with Crippen LogP contribution in [0.25, 0.3) is 11.1 Å². The second-order valence-electron chi connectivity index (χ2n) is 6.40. The van der Waals surface area contributed by atoms with Crippen LogP contribution in [-0.4, -0.2) is 20.6 Å². The number of sulfonamides is 1. The first-order valence-corrected chi connectivity index (χ1v) is 9.00. The van der Waals surface area contributed by atoms with Gasteiger partial charge in [-0.15, -0.1) is 6.42 Å². The molecule has 0 aliphatic heterocycles. The lowest BCUT2D eigenvalue weighted by Gasteiger charge is -2.20. The zero-order valence-electron chi connectivity index (χ0n) is 14.0. The van der Waals surface area contributed by atoms with Gasteiger partial charge in [0.15, 0.2) is 0 Å². The Morgan fingerprint density at radius 2 is 1.50 bits per heavy atom. The molecule has 0 amide bonds. The number of hydrogen-bond donors (Lipinski definition) is 1. The van der Waals surface area contributed by atoms with Crippen molar-refractivity contribution in [1.82, 2.24) is 4.72 Å². The maximum absolute atomic E-state index is 12.3. The summed E-state index contributed by atoms with van der Waals surface area (Å²) < 4.78 is 32.6. The first kappa shape index (κ1) is 18.1. The Morgan fingerprint density at radius 3 is 1.96 bits per heavy atom. The Morgan fingerprint density at radius 1 is 1.00 bits per heavy atom. The molecule has 4 nitrogen and oxygen atoms in total. The summed E-state index contributed by atoms with van der Waals surface area (Å²) in [6.07, 6.45) is 5.16. The fraction of sp³-hybridized carbons (Fsp3) is 0.263. The van der Waals surface area contributed by atoms with E-state index in [9.17, 15) is 8.42 Å². The number of ether oxygens (including phenoxy) is 1. The molecule has 0 saturated carbocycles. The molecule has 0 spiro atoms. The molecule has 126 valence electrons. The van der Waals surface area contributed by atoms with Crippen LogP contribution in [0, 0.1) is 12.3 Å². The van der Waals surface area contributed by atoms with Gasteiger partial charge < -0.3 is 4.74 Å². The van der Waals surface area contributed by atoms with Crippen molar-refractivity contribution in [1.29, 1.82) is 0 Å². The highest BCUT2D eigenvalue weighted by atomic mass is 32.2. The second kappa shape index (κ2) is 7.08. The monoisotopic (exact) mass is 343 g/mol. The van der Waals surface area contributed by atoms with Crippen molar-refractivity contribution < 1.29 is 13.2 Å². The molecule has 0 radical (unpaired) electrons. The van der Waals surface area contributed by atoms with E-state index in [1.807, 2.05) is 45.0 Å². The van der Waals surface area contributed by atoms with Crippen LogP contribution in [-0.2, 0) is 10.0 Å². The molecule has 5 heteroatoms. The maximum atomic E-state index is 12.3. The molecule has 0 fully saturated rings. The number of hydrogen-bond acceptors (Lipinski definition) is 3. The van der Waals surface area contributed by atoms with E-state index in [1.54, 1.807) is 24.3 Å². The quantitative estimate of drug-likeness (QED) is 0.846. The minimum Gasteiger partial charge on any atom is -0.481 e. The van der Waals surface area contributed by atoms with Gasteiger partial charge in [0.2, 0.25) is 10.0 Å². The normalized spacial score (nSPS) is 11.8. The molecule has 2 aromatic rings. The van der Waals surface area contributed by atoms with Crippen molar-refractivity contribution >= 4 is 10.0 Å². The van der Waals surface area contributed by atoms with Crippen LogP contribution in [0.1, 0.15) is 20.8 Å². The average Bonchev–Trinajstić information content (AvgIpc) is 2.51. The summed E-state index contributed by atoms with van der Waals surface area (Å²) in [6, 6.07) is 14.3. The van der Waals surface area contributed by atoms with E-state index in [-0.39, 0.29) is 11.5 Å². The van der Waals surface area contributed by atoms with Gasteiger partial charge in [-0.1, -0.05) is 30.2 Å². The van der Waals surface area contributed by atoms with Crippen LogP contribution in [0.15, 0.2) is 53.4 Å². The summed E-state index contributed by atoms with van der Waals surface area (Å²) in [4.78, 5) is 0.246. The molecule has 2 aromatic carbocycles. The van der Waals surface area contributed by atoms with Crippen molar-refractivity contribution in [2.45, 2.75) is 31.2 Å². The van der Waals surface area contributed by atoms with Gasteiger partial charge >= 0.3 is 0 Å². The molecule has 0 saturated heterocycles. The predicted molar refractivity (Wildman–Crippen MR) is 96.3 cm³/mol. The SMILES string of the molecule is C#CCOc1ccc(-c2ccc(S(=O)(=O)NC(C)(C)C)cc2)cc1. The topological polar surface area (TPSA) is 55.4 Å². The van der Waals surface area contributed by atoms with E-state index in [4.69, 9.17) is 11.2 Å². The molecule has 0 atom stereocenters. The van der Waals surface area contributed by atoms with Gasteiger partial charge in [0, 0.05) is 5.54 Å². The van der Waals surface area contributed by atoms with E-state index in [2.05, 4.69) is 10.6 Å². The Bertz CT molecular complexity index is 824. The third-order valence-electron chi connectivity index (χ3n) is 3.11. The van der Waals surface area contributed by atoms with Crippen LogP contribution in [0.3, 0.4) is 0 Å². The largest absolute Gasteiger partial charge is 0.481 e. The molecule has 24 heavy (non-hydrogen) atoms. The second-order valence-corrected chi connectivity index (χ2v) is 8.08. The Labute approximate surface area is 143 Å². The highest BCUT2D eigenvalue weighted by molar-refractivity contribution is 7.89. The van der Waals surface area contributed by atoms with Crippen LogP contribution < -0.4 is 9.46 Å². The molecular weight excluding hydrogens is 322 g/mol. The zero-order valence-corrected chi connectivity index (χ0v) is 14.9. The maximum Gasteiger partial charge on any atom is 0.241 e. The summed E-state index contributed by atoms with van der Waals surface area (Å²) in [5, 5.41) is 0. The van der Waals surface area contributed by atoms with Crippen LogP contribution >= 0.6 is 0 Å². The molecule has 1 N–H and O–H groups in total. The number of benzene rings is 2. The smallest absolute Gasteiger partial charge is 0.241 e. The molecular formula is C19H21NO3S. The third-order valence-corrected chi connectivity index (χ3v) is 4.89. The van der Waals surface area contributed by atoms with Crippen molar-refractivity contribution in [3.05, 3.63) is 48.5 Å². The van der Waals surface area contributed by atoms with E-state index in [1.165, 1.54) is 0 Å². The van der Waals surface area contributed by atoms with Crippen LogP contribution in [0.2, 0.25) is 0 Å². The molecule has 0 aromatic heterocycles. The zero-order chi connectivity index (χ0) is 17.8. The molecule has 0 heterocycles. The van der Waals surface area contributed by atoms with Crippen molar-refractivity contribution in [3.63, 3.8) is 0 Å². The van der Waals surface area contributed by atoms with Gasteiger partial charge in [-0.2, -0.15) is 0 Å². The van der Waals surface area contributed by atoms with E-state index in [0.717, 1.165) is 11.1 Å². The Hall–Kier alpha value is -2.29. The summed E-state index contributed by atoms with van der Waals surface area (Å²) >= 11 is 0. The van der Waals surface area contributed by atoms with E-state index >= 15 is 0 Å². The first-order valence-electron chi connectivity index (χ1n) is 7.52. The highest BCUT2D eigenvalue weighted by Gasteiger charge is 2.21. The van der Waals surface area contributed by atoms with Gasteiger partial charge in [0.1, 0.15) is 12.4 Å². The van der Waals surface area contributed by atoms with Crippen LogP contribution in [0.4, 0.5) is 0 Å². The number of rotatable bonds is 5. The lowest BCUT2D eigenvalue weighted by molar-refractivity contribution is 0.370. The number of nitrogens with one attached hydrogen (secondary N) is 1. The predicted octanol–water partition coefficient (Wildman–Crippen LogP) is 3.44. The van der Waals surface area contributed by atoms with Gasteiger partial charge in [-0.05, 0) is 56.2 Å². The van der Waals surface area contributed by atoms with Crippen molar-refractivity contribution in [3.8, 4) is 29.2 Å². The molecule has 2 rings (SSSR count). The average molecular weight is 343 g/mol. The fourth-order valence-corrected chi connectivity index (χ4v) is 3.58. The highest BCUT2D eigenvalue weighted by Crippen LogP contribution is 2.24. The summed E-state index contributed by atoms with van der Waals surface area (Å²) in [5.41, 5.74) is 1.37. The molecule has 0 aliphatic rings.